The van der Waals surface area contributed by atoms with Crippen molar-refractivity contribution in [2.75, 3.05) is 19.8 Å². The first-order valence-corrected chi connectivity index (χ1v) is 6.52. The number of carbonyl (C=O) groups is 2. The van der Waals surface area contributed by atoms with E-state index in [1.807, 2.05) is 0 Å². The maximum atomic E-state index is 12.5. The number of ether oxygens (including phenoxy) is 1. The first kappa shape index (κ1) is 13.3. The van der Waals surface area contributed by atoms with Crippen molar-refractivity contribution in [2.24, 2.45) is 11.5 Å². The summed E-state index contributed by atoms with van der Waals surface area (Å²) in [5.74, 6) is -0.670. The molecule has 2 aliphatic rings. The zero-order chi connectivity index (χ0) is 13.2. The summed E-state index contributed by atoms with van der Waals surface area (Å²) >= 11 is 0. The number of nitrogens with two attached hydrogens (primary N) is 2. The molecule has 0 aromatic carbocycles. The molecule has 0 aromatic heterocycles. The van der Waals surface area contributed by atoms with Crippen LogP contribution in [-0.4, -0.2) is 48.1 Å². The van der Waals surface area contributed by atoms with E-state index in [-0.39, 0.29) is 12.5 Å². The van der Waals surface area contributed by atoms with Crippen LogP contribution in [0.1, 0.15) is 32.1 Å². The predicted octanol–water partition coefficient (Wildman–Crippen LogP) is -0.639. The van der Waals surface area contributed by atoms with Gasteiger partial charge in [-0.15, -0.1) is 0 Å². The molecule has 0 spiro atoms. The third kappa shape index (κ3) is 2.49. The lowest BCUT2D eigenvalue weighted by atomic mass is 9.81. The zero-order valence-electron chi connectivity index (χ0n) is 10.6. The number of carbonyl (C=O) groups excluding carboxylic acids is 2. The van der Waals surface area contributed by atoms with Crippen LogP contribution in [0, 0.1) is 0 Å². The molecule has 0 aromatic rings. The van der Waals surface area contributed by atoms with Gasteiger partial charge in [0.2, 0.25) is 11.8 Å². The minimum atomic E-state index is -0.816. The molecule has 1 unspecified atom stereocenters. The van der Waals surface area contributed by atoms with Crippen molar-refractivity contribution in [3.63, 3.8) is 0 Å². The minimum Gasteiger partial charge on any atom is -0.377 e. The number of hydrogen-bond acceptors (Lipinski definition) is 4. The summed E-state index contributed by atoms with van der Waals surface area (Å²) in [6, 6.07) is -0.673. The summed E-state index contributed by atoms with van der Waals surface area (Å²) in [6.07, 6.45) is 4.43. The maximum Gasteiger partial charge on any atom is 0.243 e. The number of amides is 2. The second kappa shape index (κ2) is 5.24. The molecule has 1 saturated heterocycles. The van der Waals surface area contributed by atoms with Crippen LogP contribution in [0.25, 0.3) is 0 Å². The van der Waals surface area contributed by atoms with Gasteiger partial charge in [-0.05, 0) is 12.8 Å². The van der Waals surface area contributed by atoms with Gasteiger partial charge < -0.3 is 21.1 Å². The highest BCUT2D eigenvalue weighted by atomic mass is 16.5. The van der Waals surface area contributed by atoms with Crippen molar-refractivity contribution in [1.82, 2.24) is 4.90 Å². The fourth-order valence-electron chi connectivity index (χ4n) is 2.77. The molecular weight excluding hydrogens is 234 g/mol. The lowest BCUT2D eigenvalue weighted by Gasteiger charge is -2.41. The molecule has 1 heterocycles. The molecule has 1 atom stereocenters. The van der Waals surface area contributed by atoms with Gasteiger partial charge in [-0.25, -0.2) is 0 Å². The zero-order valence-corrected chi connectivity index (χ0v) is 10.6. The van der Waals surface area contributed by atoms with Crippen molar-refractivity contribution in [3.05, 3.63) is 0 Å². The third-order valence-electron chi connectivity index (χ3n) is 3.89. The van der Waals surface area contributed by atoms with E-state index in [9.17, 15) is 9.59 Å². The Morgan fingerprint density at radius 1 is 1.22 bits per heavy atom. The second-order valence-corrected chi connectivity index (χ2v) is 5.21. The molecule has 0 radical (unpaired) electrons. The highest BCUT2D eigenvalue weighted by Gasteiger charge is 2.42. The van der Waals surface area contributed by atoms with Crippen LogP contribution in [0.4, 0.5) is 0 Å². The number of nitrogens with zero attached hydrogens (tertiary/aromatic N) is 1. The monoisotopic (exact) mass is 255 g/mol. The van der Waals surface area contributed by atoms with E-state index in [2.05, 4.69) is 0 Å². The number of hydrogen-bond donors (Lipinski definition) is 2. The van der Waals surface area contributed by atoms with Crippen LogP contribution in [0.15, 0.2) is 0 Å². The molecule has 1 saturated carbocycles. The van der Waals surface area contributed by atoms with Gasteiger partial charge in [0, 0.05) is 6.54 Å². The molecule has 6 nitrogen and oxygen atoms in total. The summed E-state index contributed by atoms with van der Waals surface area (Å²) in [7, 11) is 0. The van der Waals surface area contributed by atoms with Crippen LogP contribution in [0.2, 0.25) is 0 Å². The summed E-state index contributed by atoms with van der Waals surface area (Å²) < 4.78 is 5.21. The molecule has 2 rings (SSSR count). The Hall–Kier alpha value is -1.14. The van der Waals surface area contributed by atoms with E-state index in [1.54, 1.807) is 0 Å². The van der Waals surface area contributed by atoms with E-state index in [0.717, 1.165) is 19.3 Å². The molecule has 0 bridgehead atoms. The average molecular weight is 255 g/mol. The standard InChI is InChI=1S/C12H21N3O3/c13-10(16)9-8-18-7-6-15(9)11(17)12(14)4-2-1-3-5-12/h9H,1-8,14H2,(H2,13,16). The molecule has 18 heavy (non-hydrogen) atoms. The molecule has 1 aliphatic carbocycles. The van der Waals surface area contributed by atoms with Gasteiger partial charge in [0.15, 0.2) is 0 Å². The molecule has 2 fully saturated rings. The summed E-state index contributed by atoms with van der Waals surface area (Å²) in [4.78, 5) is 25.4. The Labute approximate surface area is 107 Å². The van der Waals surface area contributed by atoms with Gasteiger partial charge in [0.05, 0.1) is 18.8 Å². The number of morpholine rings is 1. The van der Waals surface area contributed by atoms with Crippen LogP contribution < -0.4 is 11.5 Å². The second-order valence-electron chi connectivity index (χ2n) is 5.21. The Kier molecular flexibility index (Phi) is 3.87. The van der Waals surface area contributed by atoms with Gasteiger partial charge in [-0.1, -0.05) is 19.3 Å². The SMILES string of the molecule is NC(=O)C1COCCN1C(=O)C1(N)CCCCC1. The first-order chi connectivity index (χ1) is 8.54. The van der Waals surface area contributed by atoms with Crippen molar-refractivity contribution in [1.29, 1.82) is 0 Å². The highest BCUT2D eigenvalue weighted by molar-refractivity contribution is 5.91. The van der Waals surface area contributed by atoms with Gasteiger partial charge in [-0.2, -0.15) is 0 Å². The molecule has 2 amide bonds. The molecule has 1 aliphatic heterocycles. The van der Waals surface area contributed by atoms with E-state index < -0.39 is 17.5 Å². The van der Waals surface area contributed by atoms with Gasteiger partial charge in [0.25, 0.3) is 0 Å². The normalized spacial score (nSPS) is 27.8. The van der Waals surface area contributed by atoms with Crippen LogP contribution >= 0.6 is 0 Å². The van der Waals surface area contributed by atoms with Crippen LogP contribution in [0.3, 0.4) is 0 Å². The van der Waals surface area contributed by atoms with E-state index in [4.69, 9.17) is 16.2 Å². The van der Waals surface area contributed by atoms with E-state index in [1.165, 1.54) is 4.90 Å². The lowest BCUT2D eigenvalue weighted by Crippen LogP contribution is -2.63. The van der Waals surface area contributed by atoms with Crippen molar-refractivity contribution in [3.8, 4) is 0 Å². The van der Waals surface area contributed by atoms with Crippen molar-refractivity contribution in [2.45, 2.75) is 43.7 Å². The van der Waals surface area contributed by atoms with Crippen LogP contribution in [0.5, 0.6) is 0 Å². The minimum absolute atomic E-state index is 0.144. The fraction of sp³-hybridized carbons (Fsp3) is 0.833. The number of rotatable bonds is 2. The molecule has 6 heteroatoms. The Bertz CT molecular complexity index is 339. The topological polar surface area (TPSA) is 98.7 Å². The number of primary amides is 1. The third-order valence-corrected chi connectivity index (χ3v) is 3.89. The van der Waals surface area contributed by atoms with E-state index >= 15 is 0 Å². The average Bonchev–Trinajstić information content (AvgIpc) is 2.38. The summed E-state index contributed by atoms with van der Waals surface area (Å²) in [5.41, 5.74) is 10.7. The fourth-order valence-corrected chi connectivity index (χ4v) is 2.77. The Morgan fingerprint density at radius 2 is 1.89 bits per heavy atom. The van der Waals surface area contributed by atoms with E-state index in [0.29, 0.717) is 26.0 Å². The highest BCUT2D eigenvalue weighted by Crippen LogP contribution is 2.28. The smallest absolute Gasteiger partial charge is 0.243 e. The Balaban J connectivity index is 2.12. The largest absolute Gasteiger partial charge is 0.377 e. The van der Waals surface area contributed by atoms with Gasteiger partial charge >= 0.3 is 0 Å². The first-order valence-electron chi connectivity index (χ1n) is 6.52. The summed E-state index contributed by atoms with van der Waals surface area (Å²) in [5, 5.41) is 0. The Morgan fingerprint density at radius 3 is 2.50 bits per heavy atom. The predicted molar refractivity (Wildman–Crippen MR) is 65.5 cm³/mol. The van der Waals surface area contributed by atoms with Gasteiger partial charge in [0.1, 0.15) is 6.04 Å². The van der Waals surface area contributed by atoms with Gasteiger partial charge in [-0.3, -0.25) is 9.59 Å². The summed E-state index contributed by atoms with van der Waals surface area (Å²) in [6.45, 7) is 1.01. The molecular formula is C12H21N3O3. The van der Waals surface area contributed by atoms with Crippen molar-refractivity contribution >= 4 is 11.8 Å². The molecule has 4 N–H and O–H groups in total. The molecule has 102 valence electrons. The van der Waals surface area contributed by atoms with Crippen LogP contribution in [-0.2, 0) is 14.3 Å². The quantitative estimate of drug-likeness (QED) is 0.685. The van der Waals surface area contributed by atoms with Crippen molar-refractivity contribution < 1.29 is 14.3 Å². The maximum absolute atomic E-state index is 12.5. The lowest BCUT2D eigenvalue weighted by molar-refractivity contribution is -0.152.